The molecule has 1 fully saturated rings. The fraction of sp³-hybridized carbons (Fsp3) is 0.227. The number of piperazine rings is 1. The standard InChI is InChI=1S/C22H20ClN5O3/c1-15-2-3-17(14-20(15)28(30)31)22(29)27-12-10-26(11-13-27)21-9-8-19(24-25-21)16-4-6-18(23)7-5-16/h2-9,14H,10-13H2,1H3. The van der Waals surface area contributed by atoms with E-state index in [2.05, 4.69) is 15.1 Å². The van der Waals surface area contributed by atoms with Crippen LogP contribution in [0.25, 0.3) is 11.3 Å². The van der Waals surface area contributed by atoms with Crippen molar-refractivity contribution < 1.29 is 9.72 Å². The molecule has 0 atom stereocenters. The molecular formula is C22H20ClN5O3. The molecule has 1 aliphatic heterocycles. The van der Waals surface area contributed by atoms with Gasteiger partial charge in [0.25, 0.3) is 11.6 Å². The highest BCUT2D eigenvalue weighted by Gasteiger charge is 2.24. The van der Waals surface area contributed by atoms with E-state index < -0.39 is 4.92 Å². The summed E-state index contributed by atoms with van der Waals surface area (Å²) in [5.41, 5.74) is 2.52. The minimum atomic E-state index is -0.462. The summed E-state index contributed by atoms with van der Waals surface area (Å²) in [6, 6.07) is 15.8. The zero-order chi connectivity index (χ0) is 22.0. The molecule has 9 heteroatoms. The molecule has 31 heavy (non-hydrogen) atoms. The molecule has 1 aromatic heterocycles. The number of carbonyl (C=O) groups is 1. The first-order valence-corrected chi connectivity index (χ1v) is 10.2. The van der Waals surface area contributed by atoms with Gasteiger partial charge in [-0.3, -0.25) is 14.9 Å². The van der Waals surface area contributed by atoms with Crippen molar-refractivity contribution >= 4 is 29.0 Å². The molecule has 0 saturated carbocycles. The first kappa shape index (κ1) is 20.7. The lowest BCUT2D eigenvalue weighted by atomic mass is 10.1. The van der Waals surface area contributed by atoms with Crippen LogP contribution in [0.4, 0.5) is 11.5 Å². The minimum absolute atomic E-state index is 0.0412. The van der Waals surface area contributed by atoms with E-state index in [1.54, 1.807) is 24.0 Å². The Morgan fingerprint density at radius 3 is 2.32 bits per heavy atom. The Kier molecular flexibility index (Phi) is 5.81. The number of nitro groups is 1. The average molecular weight is 438 g/mol. The summed E-state index contributed by atoms with van der Waals surface area (Å²) in [6.45, 7) is 3.87. The molecule has 1 amide bonds. The van der Waals surface area contributed by atoms with Gasteiger partial charge in [0.1, 0.15) is 0 Å². The second-order valence-corrected chi connectivity index (χ2v) is 7.76. The summed E-state index contributed by atoms with van der Waals surface area (Å²) in [7, 11) is 0. The van der Waals surface area contributed by atoms with Gasteiger partial charge >= 0.3 is 0 Å². The second kappa shape index (κ2) is 8.69. The molecule has 0 bridgehead atoms. The molecule has 2 heterocycles. The Bertz CT molecular complexity index is 1110. The van der Waals surface area contributed by atoms with Gasteiger partial charge in [-0.2, -0.15) is 0 Å². The van der Waals surface area contributed by atoms with Crippen molar-refractivity contribution in [1.29, 1.82) is 0 Å². The van der Waals surface area contributed by atoms with Crippen LogP contribution in [-0.4, -0.2) is 52.1 Å². The van der Waals surface area contributed by atoms with Crippen LogP contribution < -0.4 is 4.90 Å². The predicted molar refractivity (Wildman–Crippen MR) is 118 cm³/mol. The van der Waals surface area contributed by atoms with Crippen LogP contribution in [0.3, 0.4) is 0 Å². The number of benzene rings is 2. The topological polar surface area (TPSA) is 92.5 Å². The van der Waals surface area contributed by atoms with Crippen LogP contribution in [-0.2, 0) is 0 Å². The van der Waals surface area contributed by atoms with E-state index >= 15 is 0 Å². The van der Waals surface area contributed by atoms with Crippen molar-refractivity contribution in [1.82, 2.24) is 15.1 Å². The quantitative estimate of drug-likeness (QED) is 0.453. The van der Waals surface area contributed by atoms with Crippen LogP contribution in [0.2, 0.25) is 5.02 Å². The van der Waals surface area contributed by atoms with E-state index in [0.717, 1.165) is 17.1 Å². The Morgan fingerprint density at radius 1 is 1.00 bits per heavy atom. The molecule has 4 rings (SSSR count). The van der Waals surface area contributed by atoms with Crippen molar-refractivity contribution in [2.45, 2.75) is 6.92 Å². The van der Waals surface area contributed by atoms with Crippen molar-refractivity contribution in [3.8, 4) is 11.3 Å². The van der Waals surface area contributed by atoms with Gasteiger partial charge in [-0.15, -0.1) is 10.2 Å². The smallest absolute Gasteiger partial charge is 0.273 e. The molecule has 158 valence electrons. The van der Waals surface area contributed by atoms with Gasteiger partial charge < -0.3 is 9.80 Å². The van der Waals surface area contributed by atoms with E-state index in [-0.39, 0.29) is 11.6 Å². The Morgan fingerprint density at radius 2 is 1.71 bits per heavy atom. The van der Waals surface area contributed by atoms with Crippen LogP contribution in [0.15, 0.2) is 54.6 Å². The SMILES string of the molecule is Cc1ccc(C(=O)N2CCN(c3ccc(-c4ccc(Cl)cc4)nn3)CC2)cc1[N+](=O)[O-]. The Labute approximate surface area is 184 Å². The third-order valence-corrected chi connectivity index (χ3v) is 5.59. The monoisotopic (exact) mass is 437 g/mol. The van der Waals surface area contributed by atoms with Crippen molar-refractivity contribution in [2.24, 2.45) is 0 Å². The number of aromatic nitrogens is 2. The third-order valence-electron chi connectivity index (χ3n) is 5.33. The maximum Gasteiger partial charge on any atom is 0.273 e. The summed E-state index contributed by atoms with van der Waals surface area (Å²) < 4.78 is 0. The lowest BCUT2D eigenvalue weighted by Crippen LogP contribution is -2.49. The largest absolute Gasteiger partial charge is 0.352 e. The van der Waals surface area contributed by atoms with Gasteiger partial charge in [0.15, 0.2) is 5.82 Å². The number of hydrogen-bond donors (Lipinski definition) is 0. The number of halogens is 1. The minimum Gasteiger partial charge on any atom is -0.352 e. The molecule has 2 aromatic carbocycles. The predicted octanol–water partition coefficient (Wildman–Crippen LogP) is 3.98. The normalized spacial score (nSPS) is 13.9. The summed E-state index contributed by atoms with van der Waals surface area (Å²) in [5, 5.41) is 20.5. The summed E-state index contributed by atoms with van der Waals surface area (Å²) in [4.78, 5) is 27.3. The molecule has 1 saturated heterocycles. The maximum atomic E-state index is 12.8. The number of nitrogens with zero attached hydrogens (tertiary/aromatic N) is 5. The van der Waals surface area contributed by atoms with E-state index in [1.807, 2.05) is 36.4 Å². The second-order valence-electron chi connectivity index (χ2n) is 7.32. The number of aryl methyl sites for hydroxylation is 1. The molecule has 1 aliphatic rings. The maximum absolute atomic E-state index is 12.8. The van der Waals surface area contributed by atoms with E-state index in [9.17, 15) is 14.9 Å². The number of amides is 1. The molecular weight excluding hydrogens is 418 g/mol. The number of carbonyl (C=O) groups excluding carboxylic acids is 1. The van der Waals surface area contributed by atoms with Crippen LogP contribution in [0.5, 0.6) is 0 Å². The number of hydrogen-bond acceptors (Lipinski definition) is 6. The lowest BCUT2D eigenvalue weighted by Gasteiger charge is -2.35. The first-order valence-electron chi connectivity index (χ1n) is 9.81. The summed E-state index contributed by atoms with van der Waals surface area (Å²) >= 11 is 5.93. The zero-order valence-corrected chi connectivity index (χ0v) is 17.6. The Balaban J connectivity index is 1.40. The summed E-state index contributed by atoms with van der Waals surface area (Å²) in [6.07, 6.45) is 0. The molecule has 0 spiro atoms. The number of nitro benzene ring substituents is 1. The van der Waals surface area contributed by atoms with E-state index in [0.29, 0.717) is 42.3 Å². The zero-order valence-electron chi connectivity index (χ0n) is 16.9. The van der Waals surface area contributed by atoms with Gasteiger partial charge in [0.05, 0.1) is 10.6 Å². The van der Waals surface area contributed by atoms with E-state index in [1.165, 1.54) is 6.07 Å². The molecule has 0 aliphatic carbocycles. The molecule has 8 nitrogen and oxygen atoms in total. The highest BCUT2D eigenvalue weighted by Crippen LogP contribution is 2.23. The van der Waals surface area contributed by atoms with Gasteiger partial charge in [-0.05, 0) is 37.3 Å². The molecule has 0 radical (unpaired) electrons. The van der Waals surface area contributed by atoms with Crippen LogP contribution >= 0.6 is 11.6 Å². The molecule has 3 aromatic rings. The summed E-state index contributed by atoms with van der Waals surface area (Å²) in [5.74, 6) is 0.544. The van der Waals surface area contributed by atoms with Gasteiger partial charge in [-0.25, -0.2) is 0 Å². The van der Waals surface area contributed by atoms with E-state index in [4.69, 9.17) is 11.6 Å². The van der Waals surface area contributed by atoms with Crippen molar-refractivity contribution in [2.75, 3.05) is 31.1 Å². The van der Waals surface area contributed by atoms with Crippen LogP contribution in [0, 0.1) is 17.0 Å². The third kappa shape index (κ3) is 4.49. The van der Waals surface area contributed by atoms with Crippen molar-refractivity contribution in [3.05, 3.63) is 80.9 Å². The number of rotatable bonds is 4. The average Bonchev–Trinajstić information content (AvgIpc) is 2.79. The highest BCUT2D eigenvalue weighted by atomic mass is 35.5. The molecule has 0 N–H and O–H groups in total. The fourth-order valence-corrected chi connectivity index (χ4v) is 3.65. The van der Waals surface area contributed by atoms with Crippen molar-refractivity contribution in [3.63, 3.8) is 0 Å². The molecule has 0 unspecified atom stereocenters. The Hall–Kier alpha value is -3.52. The van der Waals surface area contributed by atoms with Crippen LogP contribution in [0.1, 0.15) is 15.9 Å². The fourth-order valence-electron chi connectivity index (χ4n) is 3.53. The van der Waals surface area contributed by atoms with Gasteiger partial charge in [-0.1, -0.05) is 29.8 Å². The highest BCUT2D eigenvalue weighted by molar-refractivity contribution is 6.30. The van der Waals surface area contributed by atoms with Gasteiger partial charge in [0.2, 0.25) is 0 Å². The lowest BCUT2D eigenvalue weighted by molar-refractivity contribution is -0.385. The van der Waals surface area contributed by atoms with Gasteiger partial charge in [0, 0.05) is 54.0 Å². The number of anilines is 1. The first-order chi connectivity index (χ1) is 14.9.